The van der Waals surface area contributed by atoms with E-state index in [0.717, 1.165) is 38.0 Å². The quantitative estimate of drug-likeness (QED) is 0.917. The van der Waals surface area contributed by atoms with Crippen LogP contribution in [0.3, 0.4) is 0 Å². The minimum atomic E-state index is 0.233. The van der Waals surface area contributed by atoms with Crippen LogP contribution in [-0.4, -0.2) is 34.6 Å². The van der Waals surface area contributed by atoms with Crippen molar-refractivity contribution in [3.05, 3.63) is 23.8 Å². The number of likely N-dealkylation sites (tertiary alicyclic amines) is 1. The molecule has 3 rings (SSSR count). The molecule has 1 aliphatic rings. The molecule has 2 N–H and O–H groups in total. The summed E-state index contributed by atoms with van der Waals surface area (Å²) >= 11 is 0. The number of nitriles is 1. The van der Waals surface area contributed by atoms with E-state index >= 15 is 0 Å². The standard InChI is InChI=1S/C16H21N5/c1-16(6-8-20(2)9-7-16)11-21-13-5-3-4-12(10-17)14(13)19-15(21)18/h3-5H,6-9,11H2,1-2H3,(H2,18,19). The smallest absolute Gasteiger partial charge is 0.201 e. The maximum Gasteiger partial charge on any atom is 0.201 e. The van der Waals surface area contributed by atoms with Gasteiger partial charge < -0.3 is 15.2 Å². The van der Waals surface area contributed by atoms with E-state index in [-0.39, 0.29) is 5.41 Å². The zero-order valence-corrected chi connectivity index (χ0v) is 12.6. The zero-order chi connectivity index (χ0) is 15.0. The van der Waals surface area contributed by atoms with Crippen LogP contribution in [0.1, 0.15) is 25.3 Å². The van der Waals surface area contributed by atoms with Crippen LogP contribution in [0.4, 0.5) is 5.95 Å². The first kappa shape index (κ1) is 13.9. The van der Waals surface area contributed by atoms with Crippen molar-refractivity contribution in [2.75, 3.05) is 25.9 Å². The minimum Gasteiger partial charge on any atom is -0.369 e. The van der Waals surface area contributed by atoms with E-state index in [9.17, 15) is 5.26 Å². The molecular formula is C16H21N5. The molecule has 1 fully saturated rings. The molecule has 2 heterocycles. The lowest BCUT2D eigenvalue weighted by Crippen LogP contribution is -2.38. The van der Waals surface area contributed by atoms with Crippen molar-refractivity contribution in [3.63, 3.8) is 0 Å². The molecule has 1 aliphatic heterocycles. The van der Waals surface area contributed by atoms with Gasteiger partial charge in [0, 0.05) is 6.54 Å². The van der Waals surface area contributed by atoms with Crippen molar-refractivity contribution >= 4 is 17.0 Å². The summed E-state index contributed by atoms with van der Waals surface area (Å²) in [5.74, 6) is 0.507. The van der Waals surface area contributed by atoms with Gasteiger partial charge in [0.15, 0.2) is 0 Å². The Bertz CT molecular complexity index is 701. The van der Waals surface area contributed by atoms with Crippen LogP contribution >= 0.6 is 0 Å². The zero-order valence-electron chi connectivity index (χ0n) is 12.6. The van der Waals surface area contributed by atoms with Gasteiger partial charge in [0.2, 0.25) is 5.95 Å². The van der Waals surface area contributed by atoms with E-state index in [2.05, 4.69) is 34.5 Å². The second-order valence-corrected chi connectivity index (χ2v) is 6.46. The number of hydrogen-bond donors (Lipinski definition) is 1. The molecule has 0 saturated carbocycles. The molecule has 2 aromatic rings. The maximum absolute atomic E-state index is 9.19. The highest BCUT2D eigenvalue weighted by Gasteiger charge is 2.30. The first-order valence-corrected chi connectivity index (χ1v) is 7.36. The molecule has 0 atom stereocenters. The van der Waals surface area contributed by atoms with Gasteiger partial charge in [-0.1, -0.05) is 13.0 Å². The molecule has 0 unspecified atom stereocenters. The topological polar surface area (TPSA) is 70.9 Å². The van der Waals surface area contributed by atoms with Gasteiger partial charge in [0.25, 0.3) is 0 Å². The van der Waals surface area contributed by atoms with Crippen LogP contribution in [0.15, 0.2) is 18.2 Å². The average molecular weight is 283 g/mol. The lowest BCUT2D eigenvalue weighted by atomic mass is 9.80. The number of anilines is 1. The van der Waals surface area contributed by atoms with Crippen LogP contribution < -0.4 is 5.73 Å². The Morgan fingerprint density at radius 3 is 2.76 bits per heavy atom. The largest absolute Gasteiger partial charge is 0.369 e. The number of nitrogens with zero attached hydrogens (tertiary/aromatic N) is 4. The summed E-state index contributed by atoms with van der Waals surface area (Å²) in [6.45, 7) is 5.41. The summed E-state index contributed by atoms with van der Waals surface area (Å²) in [6.07, 6.45) is 2.31. The number of rotatable bonds is 2. The summed E-state index contributed by atoms with van der Waals surface area (Å²) in [7, 11) is 2.17. The second-order valence-electron chi connectivity index (χ2n) is 6.46. The van der Waals surface area contributed by atoms with Crippen molar-refractivity contribution in [1.29, 1.82) is 5.26 Å². The number of imidazole rings is 1. The van der Waals surface area contributed by atoms with E-state index in [1.165, 1.54) is 0 Å². The number of nitrogens with two attached hydrogens (primary N) is 1. The maximum atomic E-state index is 9.19. The van der Waals surface area contributed by atoms with Crippen LogP contribution in [0.25, 0.3) is 11.0 Å². The summed E-state index contributed by atoms with van der Waals surface area (Å²) in [6, 6.07) is 7.88. The van der Waals surface area contributed by atoms with E-state index < -0.39 is 0 Å². The van der Waals surface area contributed by atoms with Crippen molar-refractivity contribution in [1.82, 2.24) is 14.5 Å². The normalized spacial score (nSPS) is 18.7. The minimum absolute atomic E-state index is 0.233. The monoisotopic (exact) mass is 283 g/mol. The highest BCUT2D eigenvalue weighted by atomic mass is 15.2. The summed E-state index contributed by atoms with van der Waals surface area (Å²) in [5.41, 5.74) is 8.62. The van der Waals surface area contributed by atoms with Gasteiger partial charge in [-0.3, -0.25) is 0 Å². The molecule has 1 aromatic heterocycles. The molecule has 5 heteroatoms. The molecule has 1 saturated heterocycles. The van der Waals surface area contributed by atoms with Crippen LogP contribution in [0.2, 0.25) is 0 Å². The molecule has 0 radical (unpaired) electrons. The first-order chi connectivity index (χ1) is 10.0. The van der Waals surface area contributed by atoms with Gasteiger partial charge in [0.05, 0.1) is 11.1 Å². The van der Waals surface area contributed by atoms with Gasteiger partial charge in [-0.15, -0.1) is 0 Å². The highest BCUT2D eigenvalue weighted by molar-refractivity contribution is 5.83. The van der Waals surface area contributed by atoms with Crippen molar-refractivity contribution < 1.29 is 0 Å². The Morgan fingerprint density at radius 2 is 2.10 bits per heavy atom. The van der Waals surface area contributed by atoms with Gasteiger partial charge >= 0.3 is 0 Å². The molecule has 0 spiro atoms. The first-order valence-electron chi connectivity index (χ1n) is 7.36. The number of nitrogen functional groups attached to an aromatic ring is 1. The summed E-state index contributed by atoms with van der Waals surface area (Å²) < 4.78 is 2.07. The summed E-state index contributed by atoms with van der Waals surface area (Å²) in [4.78, 5) is 6.77. The number of hydrogen-bond acceptors (Lipinski definition) is 4. The predicted octanol–water partition coefficient (Wildman–Crippen LogP) is 2.22. The van der Waals surface area contributed by atoms with Crippen LogP contribution in [-0.2, 0) is 6.54 Å². The third kappa shape index (κ3) is 2.47. The Balaban J connectivity index is 1.98. The molecule has 110 valence electrons. The predicted molar refractivity (Wildman–Crippen MR) is 83.7 cm³/mol. The van der Waals surface area contributed by atoms with Crippen molar-refractivity contribution in [2.45, 2.75) is 26.3 Å². The van der Waals surface area contributed by atoms with Gasteiger partial charge in [0.1, 0.15) is 11.6 Å². The number of benzene rings is 1. The Labute approximate surface area is 125 Å². The van der Waals surface area contributed by atoms with E-state index in [4.69, 9.17) is 5.73 Å². The van der Waals surface area contributed by atoms with Crippen molar-refractivity contribution in [2.24, 2.45) is 5.41 Å². The van der Waals surface area contributed by atoms with Gasteiger partial charge in [-0.05, 0) is 50.5 Å². The van der Waals surface area contributed by atoms with Crippen molar-refractivity contribution in [3.8, 4) is 6.07 Å². The third-order valence-corrected chi connectivity index (χ3v) is 4.66. The molecule has 1 aromatic carbocycles. The highest BCUT2D eigenvalue weighted by Crippen LogP contribution is 2.34. The summed E-state index contributed by atoms with van der Waals surface area (Å²) in [5, 5.41) is 9.19. The average Bonchev–Trinajstić information content (AvgIpc) is 2.79. The molecule has 0 aliphatic carbocycles. The molecular weight excluding hydrogens is 262 g/mol. The lowest BCUT2D eigenvalue weighted by Gasteiger charge is -2.38. The fraction of sp³-hybridized carbons (Fsp3) is 0.500. The SMILES string of the molecule is CN1CCC(C)(Cn2c(N)nc3c(C#N)cccc32)CC1. The van der Waals surface area contributed by atoms with Gasteiger partial charge in [-0.25, -0.2) is 4.98 Å². The molecule has 0 amide bonds. The number of aromatic nitrogens is 2. The van der Waals surface area contributed by atoms with Gasteiger partial charge in [-0.2, -0.15) is 5.26 Å². The fourth-order valence-electron chi connectivity index (χ4n) is 3.12. The lowest BCUT2D eigenvalue weighted by molar-refractivity contribution is 0.122. The van der Waals surface area contributed by atoms with E-state index in [1.807, 2.05) is 12.1 Å². The number of fused-ring (bicyclic) bond motifs is 1. The Kier molecular flexibility index (Phi) is 3.34. The van der Waals surface area contributed by atoms with E-state index in [1.54, 1.807) is 6.07 Å². The molecule has 0 bridgehead atoms. The molecule has 21 heavy (non-hydrogen) atoms. The fourth-order valence-corrected chi connectivity index (χ4v) is 3.12. The number of para-hydroxylation sites is 1. The van der Waals surface area contributed by atoms with E-state index in [0.29, 0.717) is 17.0 Å². The Hall–Kier alpha value is -2.06. The molecule has 5 nitrogen and oxygen atoms in total. The second kappa shape index (κ2) is 5.05. The third-order valence-electron chi connectivity index (χ3n) is 4.66. The Morgan fingerprint density at radius 1 is 1.38 bits per heavy atom. The van der Waals surface area contributed by atoms with Crippen LogP contribution in [0, 0.1) is 16.7 Å². The van der Waals surface area contributed by atoms with Crippen LogP contribution in [0.5, 0.6) is 0 Å². The number of piperidine rings is 1.